The van der Waals surface area contributed by atoms with Crippen LogP contribution in [0.15, 0.2) is 35.2 Å². The largest absolute Gasteiger partial charge is 0.368 e. The molecule has 2 aromatic rings. The van der Waals surface area contributed by atoms with Crippen molar-refractivity contribution in [2.45, 2.75) is 31.7 Å². The van der Waals surface area contributed by atoms with E-state index >= 15 is 0 Å². The van der Waals surface area contributed by atoms with Gasteiger partial charge in [-0.25, -0.2) is 8.42 Å². The molecule has 146 valence electrons. The zero-order valence-corrected chi connectivity index (χ0v) is 16.6. The highest BCUT2D eigenvalue weighted by Crippen LogP contribution is 2.18. The summed E-state index contributed by atoms with van der Waals surface area (Å²) in [6.45, 7) is 7.39. The molecule has 1 atom stereocenters. The second-order valence-corrected chi connectivity index (χ2v) is 8.40. The number of aryl methyl sites for hydroxylation is 2. The van der Waals surface area contributed by atoms with Crippen LogP contribution in [0.25, 0.3) is 0 Å². The lowest BCUT2D eigenvalue weighted by atomic mass is 10.2. The Morgan fingerprint density at radius 1 is 1.15 bits per heavy atom. The third-order valence-corrected chi connectivity index (χ3v) is 6.55. The molecule has 0 radical (unpaired) electrons. The summed E-state index contributed by atoms with van der Waals surface area (Å²) >= 11 is 0. The number of sulfonamides is 1. The van der Waals surface area contributed by atoms with Gasteiger partial charge < -0.3 is 9.80 Å². The highest BCUT2D eigenvalue weighted by molar-refractivity contribution is 7.89. The van der Waals surface area contributed by atoms with Gasteiger partial charge in [0, 0.05) is 31.9 Å². The summed E-state index contributed by atoms with van der Waals surface area (Å²) in [6, 6.07) is 9.20. The molecule has 1 aromatic carbocycles. The molecular weight excluding hydrogens is 366 g/mol. The first-order valence-electron chi connectivity index (χ1n) is 8.92. The molecular formula is C18H25N5O3S. The number of amides is 1. The second kappa shape index (κ2) is 7.69. The molecule has 3 rings (SSSR count). The quantitative estimate of drug-likeness (QED) is 0.794. The van der Waals surface area contributed by atoms with Gasteiger partial charge in [0.25, 0.3) is 0 Å². The summed E-state index contributed by atoms with van der Waals surface area (Å²) < 4.78 is 27.7. The first-order valence-corrected chi connectivity index (χ1v) is 10.4. The standard InChI is InChI=1S/C18H25N5O3S/c1-13-17(14(2)20-19-13)27(25,26)21-15(3)18(24)23-11-9-22(10-12-23)16-7-5-4-6-8-16/h4-8,15,21H,9-12H2,1-3H3,(H,19,20)/t15-/m0/s1. The summed E-state index contributed by atoms with van der Waals surface area (Å²) in [7, 11) is -3.82. The highest BCUT2D eigenvalue weighted by atomic mass is 32.2. The van der Waals surface area contributed by atoms with Crippen LogP contribution in [0, 0.1) is 13.8 Å². The maximum atomic E-state index is 12.7. The van der Waals surface area contributed by atoms with E-state index in [0.29, 0.717) is 24.5 Å². The number of benzene rings is 1. The number of hydrogen-bond donors (Lipinski definition) is 2. The summed E-state index contributed by atoms with van der Waals surface area (Å²) in [6.07, 6.45) is 0. The summed E-state index contributed by atoms with van der Waals surface area (Å²) in [5, 5.41) is 6.58. The van der Waals surface area contributed by atoms with Crippen LogP contribution in [0.4, 0.5) is 5.69 Å². The van der Waals surface area contributed by atoms with E-state index < -0.39 is 16.1 Å². The summed E-state index contributed by atoms with van der Waals surface area (Å²) in [5.74, 6) is -0.218. The van der Waals surface area contributed by atoms with Gasteiger partial charge in [-0.3, -0.25) is 9.89 Å². The Kier molecular flexibility index (Phi) is 5.52. The minimum atomic E-state index is -3.82. The lowest BCUT2D eigenvalue weighted by Gasteiger charge is -2.37. The Morgan fingerprint density at radius 2 is 1.78 bits per heavy atom. The van der Waals surface area contributed by atoms with Gasteiger partial charge in [0.1, 0.15) is 4.90 Å². The van der Waals surface area contributed by atoms with Crippen LogP contribution in [0.3, 0.4) is 0 Å². The number of nitrogens with zero attached hydrogens (tertiary/aromatic N) is 3. The number of aromatic amines is 1. The number of aromatic nitrogens is 2. The van der Waals surface area contributed by atoms with Gasteiger partial charge in [-0.05, 0) is 32.9 Å². The SMILES string of the molecule is Cc1n[nH]c(C)c1S(=O)(=O)N[C@@H](C)C(=O)N1CCN(c2ccccc2)CC1. The zero-order valence-electron chi connectivity index (χ0n) is 15.8. The average Bonchev–Trinajstić information content (AvgIpc) is 3.00. The molecule has 0 spiro atoms. The maximum Gasteiger partial charge on any atom is 0.244 e. The molecule has 1 fully saturated rings. The fourth-order valence-electron chi connectivity index (χ4n) is 3.38. The van der Waals surface area contributed by atoms with Gasteiger partial charge in [-0.15, -0.1) is 0 Å². The van der Waals surface area contributed by atoms with E-state index in [4.69, 9.17) is 0 Å². The molecule has 2 heterocycles. The van der Waals surface area contributed by atoms with Crippen molar-refractivity contribution in [3.8, 4) is 0 Å². The lowest BCUT2D eigenvalue weighted by molar-refractivity contribution is -0.132. The predicted molar refractivity (Wildman–Crippen MR) is 103 cm³/mol. The van der Waals surface area contributed by atoms with Crippen LogP contribution < -0.4 is 9.62 Å². The minimum absolute atomic E-state index is 0.107. The van der Waals surface area contributed by atoms with Crippen molar-refractivity contribution in [2.24, 2.45) is 0 Å². The number of piperazine rings is 1. The van der Waals surface area contributed by atoms with Crippen molar-refractivity contribution in [2.75, 3.05) is 31.1 Å². The molecule has 1 aliphatic heterocycles. The molecule has 9 heteroatoms. The van der Waals surface area contributed by atoms with E-state index in [-0.39, 0.29) is 10.8 Å². The predicted octanol–water partition coefficient (Wildman–Crippen LogP) is 1.04. The van der Waals surface area contributed by atoms with Crippen LogP contribution in [-0.2, 0) is 14.8 Å². The third-order valence-electron chi connectivity index (χ3n) is 4.74. The van der Waals surface area contributed by atoms with Gasteiger partial charge in [-0.2, -0.15) is 9.82 Å². The van der Waals surface area contributed by atoms with E-state index in [1.54, 1.807) is 25.7 Å². The topological polar surface area (TPSA) is 98.4 Å². The van der Waals surface area contributed by atoms with Crippen LogP contribution >= 0.6 is 0 Å². The Labute approximate surface area is 159 Å². The Hall–Kier alpha value is -2.39. The van der Waals surface area contributed by atoms with Gasteiger partial charge in [0.05, 0.1) is 17.4 Å². The van der Waals surface area contributed by atoms with Crippen LogP contribution in [0.1, 0.15) is 18.3 Å². The molecule has 0 aliphatic carbocycles. The third kappa shape index (κ3) is 4.14. The van der Waals surface area contributed by atoms with Gasteiger partial charge in [-0.1, -0.05) is 18.2 Å². The minimum Gasteiger partial charge on any atom is -0.368 e. The first-order chi connectivity index (χ1) is 12.8. The number of rotatable bonds is 5. The first kappa shape index (κ1) is 19.4. The van der Waals surface area contributed by atoms with E-state index in [2.05, 4.69) is 19.8 Å². The molecule has 1 aromatic heterocycles. The Balaban J connectivity index is 1.61. The van der Waals surface area contributed by atoms with Crippen LogP contribution in [-0.4, -0.2) is 61.6 Å². The number of H-pyrrole nitrogens is 1. The molecule has 0 unspecified atom stereocenters. The molecule has 27 heavy (non-hydrogen) atoms. The summed E-state index contributed by atoms with van der Waals surface area (Å²) in [4.78, 5) is 16.8. The Bertz CT molecular complexity index is 883. The second-order valence-electron chi connectivity index (χ2n) is 6.75. The number of hydrogen-bond acceptors (Lipinski definition) is 5. The van der Waals surface area contributed by atoms with Crippen molar-refractivity contribution in [3.05, 3.63) is 41.7 Å². The van der Waals surface area contributed by atoms with Crippen molar-refractivity contribution >= 4 is 21.6 Å². The van der Waals surface area contributed by atoms with Gasteiger partial charge in [0.2, 0.25) is 15.9 Å². The molecule has 2 N–H and O–H groups in total. The van der Waals surface area contributed by atoms with Crippen molar-refractivity contribution in [3.63, 3.8) is 0 Å². The molecule has 0 bridgehead atoms. The van der Waals surface area contributed by atoms with E-state index in [1.165, 1.54) is 0 Å². The van der Waals surface area contributed by atoms with Gasteiger partial charge >= 0.3 is 0 Å². The van der Waals surface area contributed by atoms with Crippen molar-refractivity contribution in [1.29, 1.82) is 0 Å². The molecule has 1 amide bonds. The molecule has 8 nitrogen and oxygen atoms in total. The number of carbonyl (C=O) groups excluding carboxylic acids is 1. The van der Waals surface area contributed by atoms with Crippen LogP contribution in [0.2, 0.25) is 0 Å². The smallest absolute Gasteiger partial charge is 0.244 e. The van der Waals surface area contributed by atoms with Crippen LogP contribution in [0.5, 0.6) is 0 Å². The molecule has 1 aliphatic rings. The fourth-order valence-corrected chi connectivity index (χ4v) is 4.94. The van der Waals surface area contributed by atoms with Crippen molar-refractivity contribution in [1.82, 2.24) is 19.8 Å². The number of para-hydroxylation sites is 1. The Morgan fingerprint density at radius 3 is 2.33 bits per heavy atom. The maximum absolute atomic E-state index is 12.7. The highest BCUT2D eigenvalue weighted by Gasteiger charge is 2.30. The fraction of sp³-hybridized carbons (Fsp3) is 0.444. The monoisotopic (exact) mass is 391 g/mol. The molecule has 0 saturated carbocycles. The van der Waals surface area contributed by atoms with E-state index in [1.807, 2.05) is 30.3 Å². The van der Waals surface area contributed by atoms with E-state index in [0.717, 1.165) is 18.8 Å². The molecule has 1 saturated heterocycles. The number of anilines is 1. The van der Waals surface area contributed by atoms with E-state index in [9.17, 15) is 13.2 Å². The lowest BCUT2D eigenvalue weighted by Crippen LogP contribution is -2.54. The van der Waals surface area contributed by atoms with Gasteiger partial charge in [0.15, 0.2) is 0 Å². The normalized spacial score (nSPS) is 16.4. The number of nitrogens with one attached hydrogen (secondary N) is 2. The zero-order chi connectivity index (χ0) is 19.6. The van der Waals surface area contributed by atoms with Crippen molar-refractivity contribution < 1.29 is 13.2 Å². The average molecular weight is 391 g/mol. The summed E-state index contributed by atoms with van der Waals surface area (Å²) in [5.41, 5.74) is 1.97. The number of carbonyl (C=O) groups is 1.